The molecule has 2 heterocycles. The fourth-order valence-corrected chi connectivity index (χ4v) is 3.85. The van der Waals surface area contributed by atoms with Gasteiger partial charge in [0.1, 0.15) is 5.82 Å². The predicted molar refractivity (Wildman–Crippen MR) is 128 cm³/mol. The summed E-state index contributed by atoms with van der Waals surface area (Å²) in [5.41, 5.74) is 4.13. The monoisotopic (exact) mass is 440 g/mol. The number of aryl methyl sites for hydroxylation is 3. The molecule has 2 aromatic carbocycles. The molecule has 0 radical (unpaired) electrons. The molecule has 168 valence electrons. The highest BCUT2D eigenvalue weighted by molar-refractivity contribution is 5.95. The molecule has 2 aromatic heterocycles. The van der Waals surface area contributed by atoms with Gasteiger partial charge in [0.2, 0.25) is 0 Å². The predicted octanol–water partition coefficient (Wildman–Crippen LogP) is 5.21. The number of carboxylic acid groups (broad SMARTS) is 1. The third kappa shape index (κ3) is 5.71. The fourth-order valence-electron chi connectivity index (χ4n) is 3.85. The number of rotatable bonds is 10. The molecule has 4 aromatic rings. The molecule has 0 aliphatic heterocycles. The molecule has 0 bridgehead atoms. The number of unbranched alkanes of at least 4 members (excludes halogenated alkanes) is 1. The second-order valence-electron chi connectivity index (χ2n) is 8.11. The van der Waals surface area contributed by atoms with E-state index < -0.39 is 5.97 Å². The molecule has 6 heteroatoms. The van der Waals surface area contributed by atoms with Crippen LogP contribution in [0, 0.1) is 0 Å². The lowest BCUT2D eigenvalue weighted by atomic mass is 10.00. The first-order valence-corrected chi connectivity index (χ1v) is 11.4. The zero-order valence-electron chi connectivity index (χ0n) is 18.8. The molecule has 1 N–H and O–H groups in total. The van der Waals surface area contributed by atoms with Gasteiger partial charge in [-0.3, -0.25) is 4.98 Å². The van der Waals surface area contributed by atoms with Crippen LogP contribution in [0.25, 0.3) is 11.1 Å². The number of aromatic carboxylic acids is 1. The summed E-state index contributed by atoms with van der Waals surface area (Å²) in [6, 6.07) is 20.1. The van der Waals surface area contributed by atoms with Crippen LogP contribution in [0.4, 0.5) is 0 Å². The first-order chi connectivity index (χ1) is 16.1. The van der Waals surface area contributed by atoms with Crippen LogP contribution in [0.5, 0.6) is 0 Å². The van der Waals surface area contributed by atoms with Crippen molar-refractivity contribution in [2.24, 2.45) is 0 Å². The van der Waals surface area contributed by atoms with Crippen molar-refractivity contribution >= 4 is 5.97 Å². The zero-order chi connectivity index (χ0) is 23.0. The number of hydrogen-bond donors (Lipinski definition) is 1. The third-order valence-corrected chi connectivity index (χ3v) is 5.67. The van der Waals surface area contributed by atoms with Gasteiger partial charge in [-0.1, -0.05) is 67.9 Å². The zero-order valence-corrected chi connectivity index (χ0v) is 18.8. The van der Waals surface area contributed by atoms with Gasteiger partial charge >= 0.3 is 5.97 Å². The Balaban J connectivity index is 1.51. The lowest BCUT2D eigenvalue weighted by molar-refractivity contribution is 0.0697. The highest BCUT2D eigenvalue weighted by Crippen LogP contribution is 2.24. The van der Waals surface area contributed by atoms with E-state index in [1.54, 1.807) is 12.3 Å². The summed E-state index contributed by atoms with van der Waals surface area (Å²) < 4.78 is 2.04. The summed E-state index contributed by atoms with van der Waals surface area (Å²) in [4.78, 5) is 20.3. The van der Waals surface area contributed by atoms with Gasteiger partial charge < -0.3 is 5.11 Å². The summed E-state index contributed by atoms with van der Waals surface area (Å²) in [5, 5.41) is 14.2. The normalized spacial score (nSPS) is 10.9. The summed E-state index contributed by atoms with van der Waals surface area (Å²) in [6.07, 6.45) is 7.59. The van der Waals surface area contributed by atoms with Crippen LogP contribution in [0.15, 0.2) is 73.1 Å². The van der Waals surface area contributed by atoms with Crippen LogP contribution in [0.2, 0.25) is 0 Å². The first-order valence-electron chi connectivity index (χ1n) is 11.4. The van der Waals surface area contributed by atoms with E-state index in [4.69, 9.17) is 10.1 Å². The maximum absolute atomic E-state index is 11.5. The van der Waals surface area contributed by atoms with E-state index in [-0.39, 0.29) is 5.56 Å². The summed E-state index contributed by atoms with van der Waals surface area (Å²) >= 11 is 0. The van der Waals surface area contributed by atoms with Crippen LogP contribution in [-0.2, 0) is 25.8 Å². The van der Waals surface area contributed by atoms with Crippen molar-refractivity contribution in [2.45, 2.75) is 45.6 Å². The van der Waals surface area contributed by atoms with Gasteiger partial charge in [-0.05, 0) is 41.2 Å². The van der Waals surface area contributed by atoms with Crippen LogP contribution < -0.4 is 0 Å². The molecule has 0 aliphatic carbocycles. The number of nitrogens with zero attached hydrogens (tertiary/aromatic N) is 4. The maximum Gasteiger partial charge on any atom is 0.337 e. The van der Waals surface area contributed by atoms with Crippen molar-refractivity contribution in [1.82, 2.24) is 19.7 Å². The van der Waals surface area contributed by atoms with E-state index in [1.807, 2.05) is 35.0 Å². The lowest BCUT2D eigenvalue weighted by Crippen LogP contribution is -2.06. The number of aromatic nitrogens is 4. The number of benzene rings is 2. The summed E-state index contributed by atoms with van der Waals surface area (Å²) in [6.45, 7) is 3.04. The van der Waals surface area contributed by atoms with Crippen molar-refractivity contribution in [1.29, 1.82) is 0 Å². The highest BCUT2D eigenvalue weighted by atomic mass is 16.4. The molecule has 0 unspecified atom stereocenters. The van der Waals surface area contributed by atoms with Crippen molar-refractivity contribution in [3.05, 3.63) is 101 Å². The number of carboxylic acids is 1. The molecular formula is C27H28N4O2. The van der Waals surface area contributed by atoms with Gasteiger partial charge in [-0.15, -0.1) is 0 Å². The minimum absolute atomic E-state index is 0.201. The third-order valence-electron chi connectivity index (χ3n) is 5.67. The van der Waals surface area contributed by atoms with E-state index in [0.29, 0.717) is 12.0 Å². The summed E-state index contributed by atoms with van der Waals surface area (Å²) in [7, 11) is 0. The molecule has 4 rings (SSSR count). The Bertz CT molecular complexity index is 1200. The standard InChI is InChI=1S/C27H28N4O2/c1-2-3-17-31-26(29-25(30-31)14-11-20-7-5-4-6-8-20)18-21-9-12-22(13-10-21)23-15-16-28-19-24(23)27(32)33/h4-10,12-13,15-16,19H,2-3,11,14,17-18H2,1H3,(H,32,33). The van der Waals surface area contributed by atoms with Gasteiger partial charge in [0, 0.05) is 31.8 Å². The van der Waals surface area contributed by atoms with Gasteiger partial charge in [-0.25, -0.2) is 14.5 Å². The van der Waals surface area contributed by atoms with E-state index in [1.165, 1.54) is 11.8 Å². The quantitative estimate of drug-likeness (QED) is 0.366. The van der Waals surface area contributed by atoms with Crippen molar-refractivity contribution in [3.8, 4) is 11.1 Å². The maximum atomic E-state index is 11.5. The topological polar surface area (TPSA) is 80.9 Å². The molecule has 0 aliphatic rings. The molecule has 0 atom stereocenters. The van der Waals surface area contributed by atoms with Crippen LogP contribution >= 0.6 is 0 Å². The summed E-state index contributed by atoms with van der Waals surface area (Å²) in [5.74, 6) is 0.869. The van der Waals surface area contributed by atoms with Gasteiger partial charge in [0.05, 0.1) is 5.56 Å². The Morgan fingerprint density at radius 2 is 1.76 bits per heavy atom. The Morgan fingerprint density at radius 3 is 2.48 bits per heavy atom. The van der Waals surface area contributed by atoms with E-state index in [0.717, 1.165) is 55.0 Å². The van der Waals surface area contributed by atoms with E-state index >= 15 is 0 Å². The second kappa shape index (κ2) is 10.7. The van der Waals surface area contributed by atoms with Gasteiger partial charge in [0.25, 0.3) is 0 Å². The van der Waals surface area contributed by atoms with Gasteiger partial charge in [0.15, 0.2) is 5.82 Å². The Morgan fingerprint density at radius 1 is 0.970 bits per heavy atom. The molecule has 33 heavy (non-hydrogen) atoms. The molecule has 0 saturated carbocycles. The van der Waals surface area contributed by atoms with Crippen molar-refractivity contribution < 1.29 is 9.90 Å². The minimum atomic E-state index is -0.978. The van der Waals surface area contributed by atoms with Gasteiger partial charge in [-0.2, -0.15) is 5.10 Å². The number of hydrogen-bond acceptors (Lipinski definition) is 4. The first kappa shape index (κ1) is 22.4. The SMILES string of the molecule is CCCCn1nc(CCc2ccccc2)nc1Cc1ccc(-c2ccncc2C(=O)O)cc1. The Hall–Kier alpha value is -3.80. The largest absolute Gasteiger partial charge is 0.478 e. The average molecular weight is 441 g/mol. The van der Waals surface area contributed by atoms with Crippen LogP contribution in [0.1, 0.15) is 52.9 Å². The smallest absolute Gasteiger partial charge is 0.337 e. The highest BCUT2D eigenvalue weighted by Gasteiger charge is 2.13. The molecular weight excluding hydrogens is 412 g/mol. The lowest BCUT2D eigenvalue weighted by Gasteiger charge is -2.08. The second-order valence-corrected chi connectivity index (χ2v) is 8.11. The van der Waals surface area contributed by atoms with E-state index in [9.17, 15) is 9.90 Å². The molecule has 0 fully saturated rings. The van der Waals surface area contributed by atoms with E-state index in [2.05, 4.69) is 36.2 Å². The average Bonchev–Trinajstić information content (AvgIpc) is 3.24. The van der Waals surface area contributed by atoms with Crippen LogP contribution in [-0.4, -0.2) is 30.8 Å². The minimum Gasteiger partial charge on any atom is -0.478 e. The number of carbonyl (C=O) groups is 1. The molecule has 6 nitrogen and oxygen atoms in total. The van der Waals surface area contributed by atoms with Crippen molar-refractivity contribution in [2.75, 3.05) is 0 Å². The molecule has 0 spiro atoms. The van der Waals surface area contributed by atoms with Crippen molar-refractivity contribution in [3.63, 3.8) is 0 Å². The number of pyridine rings is 1. The Kier molecular flexibility index (Phi) is 7.25. The molecule has 0 amide bonds. The van der Waals surface area contributed by atoms with Crippen LogP contribution in [0.3, 0.4) is 0 Å². The Labute approximate surface area is 194 Å². The molecule has 0 saturated heterocycles. The fraction of sp³-hybridized carbons (Fsp3) is 0.259.